The molecule has 0 unspecified atom stereocenters. The van der Waals surface area contributed by atoms with Crippen molar-refractivity contribution in [1.29, 1.82) is 0 Å². The fourth-order valence-corrected chi connectivity index (χ4v) is 3.50. The first-order chi connectivity index (χ1) is 11.5. The van der Waals surface area contributed by atoms with Gasteiger partial charge in [0.2, 0.25) is 5.91 Å². The van der Waals surface area contributed by atoms with Crippen LogP contribution in [0.5, 0.6) is 0 Å². The molecule has 0 heterocycles. The Balaban J connectivity index is 1.68. The van der Waals surface area contributed by atoms with Crippen molar-refractivity contribution < 1.29 is 9.59 Å². The molecule has 0 atom stereocenters. The molecule has 1 aliphatic rings. The van der Waals surface area contributed by atoms with Crippen molar-refractivity contribution in [2.24, 2.45) is 11.1 Å². The Bertz CT molecular complexity index is 554. The van der Waals surface area contributed by atoms with E-state index in [1.165, 1.54) is 6.42 Å². The van der Waals surface area contributed by atoms with E-state index in [-0.39, 0.29) is 17.2 Å². The Morgan fingerprint density at radius 3 is 2.29 bits per heavy atom. The van der Waals surface area contributed by atoms with Crippen LogP contribution in [0, 0.1) is 5.41 Å². The Hall–Kier alpha value is -1.40. The molecule has 1 aromatic rings. The van der Waals surface area contributed by atoms with E-state index in [1.807, 2.05) is 12.1 Å². The van der Waals surface area contributed by atoms with Gasteiger partial charge in [-0.25, -0.2) is 0 Å². The highest BCUT2D eigenvalue weighted by atomic mass is 79.9. The van der Waals surface area contributed by atoms with Crippen LogP contribution in [0.4, 0.5) is 0 Å². The number of carbonyl (C=O) groups is 2. The molecule has 2 amide bonds. The zero-order chi connectivity index (χ0) is 17.4. The molecule has 0 bridgehead atoms. The van der Waals surface area contributed by atoms with Crippen molar-refractivity contribution in [3.63, 3.8) is 0 Å². The number of nitrogens with two attached hydrogens (primary N) is 1. The van der Waals surface area contributed by atoms with Gasteiger partial charge < -0.3 is 16.4 Å². The van der Waals surface area contributed by atoms with Gasteiger partial charge in [-0.15, -0.1) is 0 Å². The van der Waals surface area contributed by atoms with Crippen LogP contribution in [0.1, 0.15) is 48.9 Å². The van der Waals surface area contributed by atoms with Gasteiger partial charge in [0.1, 0.15) is 0 Å². The van der Waals surface area contributed by atoms with E-state index in [0.717, 1.165) is 30.2 Å². The van der Waals surface area contributed by atoms with Gasteiger partial charge in [-0.3, -0.25) is 9.59 Å². The summed E-state index contributed by atoms with van der Waals surface area (Å²) in [6, 6.07) is 7.17. The van der Waals surface area contributed by atoms with Crippen LogP contribution in [0.25, 0.3) is 0 Å². The fraction of sp³-hybridized carbons (Fsp3) is 0.556. The van der Waals surface area contributed by atoms with E-state index >= 15 is 0 Å². The van der Waals surface area contributed by atoms with Crippen molar-refractivity contribution in [2.45, 2.75) is 38.5 Å². The zero-order valence-corrected chi connectivity index (χ0v) is 15.5. The van der Waals surface area contributed by atoms with Gasteiger partial charge in [0, 0.05) is 29.5 Å². The maximum Gasteiger partial charge on any atom is 0.251 e. The third-order valence-electron chi connectivity index (χ3n) is 4.72. The quantitative estimate of drug-likeness (QED) is 0.620. The van der Waals surface area contributed by atoms with Gasteiger partial charge in [0.25, 0.3) is 5.91 Å². The molecule has 1 saturated carbocycles. The minimum Gasteiger partial charge on any atom is -0.354 e. The zero-order valence-electron chi connectivity index (χ0n) is 13.9. The number of nitrogens with one attached hydrogen (secondary N) is 2. The van der Waals surface area contributed by atoms with E-state index in [2.05, 4.69) is 26.6 Å². The average molecular weight is 396 g/mol. The van der Waals surface area contributed by atoms with E-state index in [0.29, 0.717) is 31.6 Å². The Morgan fingerprint density at radius 1 is 1.04 bits per heavy atom. The lowest BCUT2D eigenvalue weighted by atomic mass is 9.71. The van der Waals surface area contributed by atoms with Crippen LogP contribution in [-0.4, -0.2) is 31.4 Å². The molecule has 2 rings (SSSR count). The van der Waals surface area contributed by atoms with Gasteiger partial charge >= 0.3 is 0 Å². The lowest BCUT2D eigenvalue weighted by Gasteiger charge is -2.35. The maximum absolute atomic E-state index is 12.1. The lowest BCUT2D eigenvalue weighted by Crippen LogP contribution is -2.40. The predicted octanol–water partition coefficient (Wildman–Crippen LogP) is 2.59. The number of carbonyl (C=O) groups excluding carboxylic acids is 2. The summed E-state index contributed by atoms with van der Waals surface area (Å²) in [6.07, 6.45) is 6.13. The van der Waals surface area contributed by atoms with E-state index < -0.39 is 0 Å². The monoisotopic (exact) mass is 395 g/mol. The third-order valence-corrected chi connectivity index (χ3v) is 5.25. The van der Waals surface area contributed by atoms with Crippen molar-refractivity contribution in [2.75, 3.05) is 19.6 Å². The first-order valence-corrected chi connectivity index (χ1v) is 9.34. The summed E-state index contributed by atoms with van der Waals surface area (Å²) < 4.78 is 0.933. The lowest BCUT2D eigenvalue weighted by molar-refractivity contribution is -0.123. The van der Waals surface area contributed by atoms with Gasteiger partial charge in [0.15, 0.2) is 0 Å². The maximum atomic E-state index is 12.1. The van der Waals surface area contributed by atoms with E-state index in [4.69, 9.17) is 5.73 Å². The van der Waals surface area contributed by atoms with Gasteiger partial charge in [-0.1, -0.05) is 35.2 Å². The molecule has 0 aliphatic heterocycles. The number of rotatable bonds is 7. The topological polar surface area (TPSA) is 84.2 Å². The molecule has 4 N–H and O–H groups in total. The highest BCUT2D eigenvalue weighted by molar-refractivity contribution is 9.10. The summed E-state index contributed by atoms with van der Waals surface area (Å²) in [4.78, 5) is 24.1. The predicted molar refractivity (Wildman–Crippen MR) is 98.7 cm³/mol. The van der Waals surface area contributed by atoms with E-state index in [1.54, 1.807) is 12.1 Å². The highest BCUT2D eigenvalue weighted by Crippen LogP contribution is 2.38. The van der Waals surface area contributed by atoms with Gasteiger partial charge in [-0.2, -0.15) is 0 Å². The second kappa shape index (κ2) is 9.18. The normalized spacial score (nSPS) is 16.4. The molecule has 24 heavy (non-hydrogen) atoms. The molecule has 0 saturated heterocycles. The summed E-state index contributed by atoms with van der Waals surface area (Å²) in [5, 5.41) is 5.70. The number of halogens is 1. The molecule has 0 spiro atoms. The number of hydrogen-bond donors (Lipinski definition) is 3. The Kier molecular flexibility index (Phi) is 7.24. The SMILES string of the molecule is NCC1(CC(=O)NCCNC(=O)c2ccc(Br)cc2)CCCCC1. The summed E-state index contributed by atoms with van der Waals surface area (Å²) >= 11 is 3.34. The second-order valence-electron chi connectivity index (χ2n) is 6.55. The van der Waals surface area contributed by atoms with Crippen LogP contribution >= 0.6 is 15.9 Å². The van der Waals surface area contributed by atoms with Crippen molar-refractivity contribution in [3.05, 3.63) is 34.3 Å². The first kappa shape index (κ1) is 18.9. The summed E-state index contributed by atoms with van der Waals surface area (Å²) in [5.41, 5.74) is 6.50. The number of amides is 2. The van der Waals surface area contributed by atoms with Gasteiger partial charge in [-0.05, 0) is 49.1 Å². The average Bonchev–Trinajstić information content (AvgIpc) is 2.60. The largest absolute Gasteiger partial charge is 0.354 e. The fourth-order valence-electron chi connectivity index (χ4n) is 3.24. The molecule has 0 aromatic heterocycles. The molecule has 1 fully saturated rings. The van der Waals surface area contributed by atoms with Crippen molar-refractivity contribution >= 4 is 27.7 Å². The molecule has 132 valence electrons. The second-order valence-corrected chi connectivity index (χ2v) is 7.47. The van der Waals surface area contributed by atoms with Crippen LogP contribution in [0.15, 0.2) is 28.7 Å². The van der Waals surface area contributed by atoms with E-state index in [9.17, 15) is 9.59 Å². The summed E-state index contributed by atoms with van der Waals surface area (Å²) in [5.74, 6) is -0.109. The van der Waals surface area contributed by atoms with Crippen molar-refractivity contribution in [3.8, 4) is 0 Å². The smallest absolute Gasteiger partial charge is 0.251 e. The Morgan fingerprint density at radius 2 is 1.67 bits per heavy atom. The molecule has 0 radical (unpaired) electrons. The Labute approximate surface area is 151 Å². The summed E-state index contributed by atoms with van der Waals surface area (Å²) in [6.45, 7) is 1.42. The molecule has 5 nitrogen and oxygen atoms in total. The first-order valence-electron chi connectivity index (χ1n) is 8.55. The molecular formula is C18H26BrN3O2. The standard InChI is InChI=1S/C18H26BrN3O2/c19-15-6-4-14(5-7-15)17(24)22-11-10-21-16(23)12-18(13-20)8-2-1-3-9-18/h4-7H,1-3,8-13,20H2,(H,21,23)(H,22,24). The van der Waals surface area contributed by atoms with Crippen molar-refractivity contribution in [1.82, 2.24) is 10.6 Å². The minimum absolute atomic E-state index is 0.0248. The molecule has 1 aromatic carbocycles. The number of hydrogen-bond acceptors (Lipinski definition) is 3. The molecule has 1 aliphatic carbocycles. The van der Waals surface area contributed by atoms with Crippen LogP contribution < -0.4 is 16.4 Å². The molecule has 6 heteroatoms. The van der Waals surface area contributed by atoms with Gasteiger partial charge in [0.05, 0.1) is 0 Å². The molecular weight excluding hydrogens is 370 g/mol. The van der Waals surface area contributed by atoms with Crippen LogP contribution in [0.3, 0.4) is 0 Å². The van der Waals surface area contributed by atoms with Crippen LogP contribution in [-0.2, 0) is 4.79 Å². The number of benzene rings is 1. The minimum atomic E-state index is -0.137. The van der Waals surface area contributed by atoms with Crippen LogP contribution in [0.2, 0.25) is 0 Å². The highest BCUT2D eigenvalue weighted by Gasteiger charge is 2.32. The summed E-state index contributed by atoms with van der Waals surface area (Å²) in [7, 11) is 0. The third kappa shape index (κ3) is 5.60.